The lowest BCUT2D eigenvalue weighted by molar-refractivity contribution is -0.129. The molecule has 2 heterocycles. The number of nitrogens with zero attached hydrogens (tertiary/aromatic N) is 5. The van der Waals surface area contributed by atoms with E-state index in [0.29, 0.717) is 42.8 Å². The second-order valence-electron chi connectivity index (χ2n) is 8.99. The Kier molecular flexibility index (Phi) is 7.36. The van der Waals surface area contributed by atoms with Crippen molar-refractivity contribution in [1.82, 2.24) is 24.6 Å². The number of hydrogen-bond acceptors (Lipinski definition) is 5. The molecule has 0 saturated carbocycles. The molecule has 1 aromatic heterocycles. The Balaban J connectivity index is 1.30. The van der Waals surface area contributed by atoms with Gasteiger partial charge in [-0.15, -0.1) is 10.2 Å². The minimum absolute atomic E-state index is 0.0262. The Morgan fingerprint density at radius 2 is 1.62 bits per heavy atom. The molecule has 178 valence electrons. The summed E-state index contributed by atoms with van der Waals surface area (Å²) in [6.45, 7) is 10.6. The summed E-state index contributed by atoms with van der Waals surface area (Å²) in [5.41, 5.74) is 5.33. The largest absolute Gasteiger partial charge is 0.338 e. The summed E-state index contributed by atoms with van der Waals surface area (Å²) in [6.07, 6.45) is 1.68. The van der Waals surface area contributed by atoms with E-state index in [4.69, 9.17) is 0 Å². The minimum atomic E-state index is 0.0262. The van der Waals surface area contributed by atoms with Crippen LogP contribution in [-0.4, -0.2) is 68.3 Å². The Morgan fingerprint density at radius 3 is 2.26 bits per heavy atom. The molecule has 0 bridgehead atoms. The van der Waals surface area contributed by atoms with E-state index in [1.165, 1.54) is 28.5 Å². The molecule has 1 fully saturated rings. The Morgan fingerprint density at radius 1 is 0.941 bits per heavy atom. The Bertz CT molecular complexity index is 1160. The predicted molar refractivity (Wildman–Crippen MR) is 135 cm³/mol. The molecular formula is C26H31N5O2S. The second kappa shape index (κ2) is 10.4. The lowest BCUT2D eigenvalue weighted by Crippen LogP contribution is -2.51. The first-order valence-corrected chi connectivity index (χ1v) is 12.6. The maximum Gasteiger partial charge on any atom is 0.253 e. The highest BCUT2D eigenvalue weighted by Gasteiger charge is 2.25. The molecule has 1 aliphatic rings. The molecule has 1 saturated heterocycles. The molecule has 0 radical (unpaired) electrons. The fourth-order valence-corrected chi connectivity index (χ4v) is 4.78. The van der Waals surface area contributed by atoms with E-state index in [2.05, 4.69) is 50.0 Å². The lowest BCUT2D eigenvalue weighted by Gasteiger charge is -2.34. The topological polar surface area (TPSA) is 71.3 Å². The van der Waals surface area contributed by atoms with Crippen molar-refractivity contribution < 1.29 is 9.59 Å². The van der Waals surface area contributed by atoms with Crippen LogP contribution in [0.25, 0.3) is 5.69 Å². The van der Waals surface area contributed by atoms with Crippen LogP contribution in [0.3, 0.4) is 0 Å². The number of carbonyl (C=O) groups is 2. The number of carbonyl (C=O) groups excluding carboxylic acids is 2. The van der Waals surface area contributed by atoms with Gasteiger partial charge in [0.15, 0.2) is 5.16 Å². The third-order valence-corrected chi connectivity index (χ3v) is 7.28. The number of hydrogen-bond donors (Lipinski definition) is 0. The number of benzene rings is 2. The zero-order chi connectivity index (χ0) is 24.2. The van der Waals surface area contributed by atoms with Gasteiger partial charge >= 0.3 is 0 Å². The molecule has 7 nitrogen and oxygen atoms in total. The van der Waals surface area contributed by atoms with Gasteiger partial charge < -0.3 is 9.80 Å². The third kappa shape index (κ3) is 5.33. The van der Waals surface area contributed by atoms with Gasteiger partial charge in [-0.2, -0.15) is 0 Å². The van der Waals surface area contributed by atoms with E-state index >= 15 is 0 Å². The van der Waals surface area contributed by atoms with E-state index in [9.17, 15) is 9.59 Å². The standard InChI is InChI=1S/C26H31N5O2S/c1-18(2)21-6-8-22(9-7-21)25(33)30-13-11-29(12-14-30)24(32)16-34-26-28-27-17-31(26)23-10-5-19(3)20(4)15-23/h5-10,15,17-18H,11-14,16H2,1-4H3. The smallest absolute Gasteiger partial charge is 0.253 e. The average Bonchev–Trinajstić information content (AvgIpc) is 3.32. The number of amides is 2. The molecule has 0 spiro atoms. The minimum Gasteiger partial charge on any atom is -0.338 e. The molecule has 0 N–H and O–H groups in total. The maximum atomic E-state index is 12.9. The van der Waals surface area contributed by atoms with E-state index in [0.717, 1.165) is 5.69 Å². The second-order valence-corrected chi connectivity index (χ2v) is 9.93. The van der Waals surface area contributed by atoms with Crippen LogP contribution in [0.1, 0.15) is 46.8 Å². The molecule has 3 aromatic rings. The molecule has 2 aromatic carbocycles. The van der Waals surface area contributed by atoms with Crippen LogP contribution in [0.15, 0.2) is 53.9 Å². The molecule has 0 atom stereocenters. The van der Waals surface area contributed by atoms with Crippen molar-refractivity contribution >= 4 is 23.6 Å². The summed E-state index contributed by atoms with van der Waals surface area (Å²) < 4.78 is 1.91. The van der Waals surface area contributed by atoms with Crippen LogP contribution in [0, 0.1) is 13.8 Å². The van der Waals surface area contributed by atoms with Gasteiger partial charge in [0.05, 0.1) is 5.75 Å². The van der Waals surface area contributed by atoms with Crippen molar-refractivity contribution in [2.45, 2.75) is 38.8 Å². The average molecular weight is 478 g/mol. The summed E-state index contributed by atoms with van der Waals surface area (Å²) in [6, 6.07) is 14.0. The molecule has 1 aliphatic heterocycles. The molecule has 0 unspecified atom stereocenters. The van der Waals surface area contributed by atoms with Crippen LogP contribution in [0.5, 0.6) is 0 Å². The van der Waals surface area contributed by atoms with Gasteiger partial charge in [-0.1, -0.05) is 43.8 Å². The highest BCUT2D eigenvalue weighted by atomic mass is 32.2. The van der Waals surface area contributed by atoms with Gasteiger partial charge in [-0.3, -0.25) is 14.2 Å². The maximum absolute atomic E-state index is 12.9. The van der Waals surface area contributed by atoms with Crippen molar-refractivity contribution in [2.75, 3.05) is 31.9 Å². The van der Waals surface area contributed by atoms with Gasteiger partial charge in [0.25, 0.3) is 5.91 Å². The lowest BCUT2D eigenvalue weighted by atomic mass is 10.0. The zero-order valence-corrected chi connectivity index (χ0v) is 21.0. The van der Waals surface area contributed by atoms with Gasteiger partial charge in [0, 0.05) is 37.4 Å². The van der Waals surface area contributed by atoms with Gasteiger partial charge in [-0.25, -0.2) is 0 Å². The molecule has 2 amide bonds. The molecule has 34 heavy (non-hydrogen) atoms. The quantitative estimate of drug-likeness (QED) is 0.500. The molecule has 0 aliphatic carbocycles. The summed E-state index contributed by atoms with van der Waals surface area (Å²) in [4.78, 5) is 29.3. The summed E-state index contributed by atoms with van der Waals surface area (Å²) in [7, 11) is 0. The number of thioether (sulfide) groups is 1. The first kappa shape index (κ1) is 24.0. The first-order chi connectivity index (χ1) is 16.3. The van der Waals surface area contributed by atoms with Crippen LogP contribution >= 0.6 is 11.8 Å². The first-order valence-electron chi connectivity index (χ1n) is 11.6. The molecular weight excluding hydrogens is 446 g/mol. The summed E-state index contributed by atoms with van der Waals surface area (Å²) >= 11 is 1.39. The van der Waals surface area contributed by atoms with E-state index in [1.807, 2.05) is 44.7 Å². The van der Waals surface area contributed by atoms with E-state index in [-0.39, 0.29) is 17.6 Å². The SMILES string of the molecule is Cc1ccc(-n2cnnc2SCC(=O)N2CCN(C(=O)c3ccc(C(C)C)cc3)CC2)cc1C. The highest BCUT2D eigenvalue weighted by Crippen LogP contribution is 2.22. The van der Waals surface area contributed by atoms with Crippen molar-refractivity contribution in [3.05, 3.63) is 71.0 Å². The molecule has 4 rings (SSSR count). The molecule has 8 heteroatoms. The van der Waals surface area contributed by atoms with E-state index in [1.54, 1.807) is 6.33 Å². The summed E-state index contributed by atoms with van der Waals surface area (Å²) in [5, 5.41) is 8.93. The van der Waals surface area contributed by atoms with Crippen LogP contribution in [0.4, 0.5) is 0 Å². The third-order valence-electron chi connectivity index (χ3n) is 6.35. The van der Waals surface area contributed by atoms with Crippen molar-refractivity contribution in [3.8, 4) is 5.69 Å². The highest BCUT2D eigenvalue weighted by molar-refractivity contribution is 7.99. The van der Waals surface area contributed by atoms with Crippen molar-refractivity contribution in [2.24, 2.45) is 0 Å². The number of rotatable bonds is 6. The predicted octanol–water partition coefficient (Wildman–Crippen LogP) is 4.08. The Hall–Kier alpha value is -3.13. The monoisotopic (exact) mass is 477 g/mol. The van der Waals surface area contributed by atoms with Crippen LogP contribution in [0.2, 0.25) is 0 Å². The number of aromatic nitrogens is 3. The number of aryl methyl sites for hydroxylation is 2. The zero-order valence-electron chi connectivity index (χ0n) is 20.2. The van der Waals surface area contributed by atoms with Crippen molar-refractivity contribution in [1.29, 1.82) is 0 Å². The van der Waals surface area contributed by atoms with Gasteiger partial charge in [0.2, 0.25) is 5.91 Å². The van der Waals surface area contributed by atoms with Crippen LogP contribution in [-0.2, 0) is 4.79 Å². The van der Waals surface area contributed by atoms with Gasteiger partial charge in [0.1, 0.15) is 6.33 Å². The van der Waals surface area contributed by atoms with Crippen molar-refractivity contribution in [3.63, 3.8) is 0 Å². The Labute approximate surface area is 205 Å². The number of piperazine rings is 1. The normalized spacial score (nSPS) is 14.0. The van der Waals surface area contributed by atoms with Crippen LogP contribution < -0.4 is 0 Å². The fraction of sp³-hybridized carbons (Fsp3) is 0.385. The summed E-state index contributed by atoms with van der Waals surface area (Å²) in [5.74, 6) is 0.798. The van der Waals surface area contributed by atoms with E-state index < -0.39 is 0 Å². The fourth-order valence-electron chi connectivity index (χ4n) is 3.95. The van der Waals surface area contributed by atoms with Gasteiger partial charge in [-0.05, 0) is 60.7 Å².